The van der Waals surface area contributed by atoms with E-state index in [1.807, 2.05) is 6.08 Å². The minimum atomic E-state index is 0.269. The summed E-state index contributed by atoms with van der Waals surface area (Å²) in [5.41, 5.74) is 0. The van der Waals surface area contributed by atoms with Crippen LogP contribution in [0.5, 0.6) is 0 Å². The Balaban J connectivity index is 2.86. The van der Waals surface area contributed by atoms with E-state index in [4.69, 9.17) is 5.11 Å². The first-order chi connectivity index (χ1) is 4.41. The molecule has 0 aliphatic heterocycles. The van der Waals surface area contributed by atoms with Gasteiger partial charge in [0.05, 0.1) is 0 Å². The summed E-state index contributed by atoms with van der Waals surface area (Å²) in [6.45, 7) is 0.269. The highest BCUT2D eigenvalue weighted by atomic mass is 79.9. The molecule has 0 aliphatic carbocycles. The molecule has 0 aromatic carbocycles. The molecule has 0 aromatic rings. The number of hydrogen-bond acceptors (Lipinski definition) is 1. The SMILES string of the molecule is OCC/C=C/CCCBr. The fourth-order valence-corrected chi connectivity index (χ4v) is 0.829. The summed E-state index contributed by atoms with van der Waals surface area (Å²) in [7, 11) is 0. The lowest BCUT2D eigenvalue weighted by molar-refractivity contribution is 0.302. The van der Waals surface area contributed by atoms with Crippen LogP contribution in [-0.2, 0) is 0 Å². The van der Waals surface area contributed by atoms with E-state index < -0.39 is 0 Å². The third kappa shape index (κ3) is 8.18. The molecule has 0 fully saturated rings. The van der Waals surface area contributed by atoms with Gasteiger partial charge in [-0.2, -0.15) is 0 Å². The van der Waals surface area contributed by atoms with Crippen LogP contribution in [0.25, 0.3) is 0 Å². The summed E-state index contributed by atoms with van der Waals surface area (Å²) in [6, 6.07) is 0. The number of halogens is 1. The van der Waals surface area contributed by atoms with Crippen molar-refractivity contribution in [1.29, 1.82) is 0 Å². The third-order valence-corrected chi connectivity index (χ3v) is 1.53. The summed E-state index contributed by atoms with van der Waals surface area (Å²) in [4.78, 5) is 0. The molecule has 0 radical (unpaired) electrons. The Morgan fingerprint density at radius 1 is 1.22 bits per heavy atom. The minimum Gasteiger partial charge on any atom is -0.396 e. The second-order valence-electron chi connectivity index (χ2n) is 1.81. The van der Waals surface area contributed by atoms with E-state index in [0.29, 0.717) is 0 Å². The fraction of sp³-hybridized carbons (Fsp3) is 0.714. The van der Waals surface area contributed by atoms with Crippen LogP contribution in [0.4, 0.5) is 0 Å². The molecule has 2 heteroatoms. The van der Waals surface area contributed by atoms with Gasteiger partial charge < -0.3 is 5.11 Å². The number of aliphatic hydroxyl groups is 1. The molecule has 0 atom stereocenters. The van der Waals surface area contributed by atoms with Gasteiger partial charge in [0.1, 0.15) is 0 Å². The van der Waals surface area contributed by atoms with E-state index in [1.54, 1.807) is 0 Å². The zero-order chi connectivity index (χ0) is 6.95. The van der Waals surface area contributed by atoms with Gasteiger partial charge in [0, 0.05) is 11.9 Å². The van der Waals surface area contributed by atoms with E-state index >= 15 is 0 Å². The molecule has 0 amide bonds. The van der Waals surface area contributed by atoms with Gasteiger partial charge in [0.15, 0.2) is 0 Å². The lowest BCUT2D eigenvalue weighted by Crippen LogP contribution is -1.76. The van der Waals surface area contributed by atoms with Crippen LogP contribution in [0.15, 0.2) is 12.2 Å². The van der Waals surface area contributed by atoms with Crippen LogP contribution >= 0.6 is 15.9 Å². The summed E-state index contributed by atoms with van der Waals surface area (Å²) in [6.07, 6.45) is 7.22. The predicted molar refractivity (Wildman–Crippen MR) is 43.9 cm³/mol. The standard InChI is InChI=1S/C7H13BrO/c8-6-4-2-1-3-5-7-9/h1,3,9H,2,4-7H2/b3-1+. The van der Waals surface area contributed by atoms with E-state index in [1.165, 1.54) is 6.42 Å². The van der Waals surface area contributed by atoms with Crippen molar-refractivity contribution in [2.75, 3.05) is 11.9 Å². The first kappa shape index (κ1) is 9.18. The molecule has 0 unspecified atom stereocenters. The number of aliphatic hydroxyl groups excluding tert-OH is 1. The van der Waals surface area contributed by atoms with E-state index in [2.05, 4.69) is 22.0 Å². The molecule has 0 spiro atoms. The highest BCUT2D eigenvalue weighted by molar-refractivity contribution is 9.09. The highest BCUT2D eigenvalue weighted by Gasteiger charge is 1.77. The largest absolute Gasteiger partial charge is 0.396 e. The van der Waals surface area contributed by atoms with Crippen LogP contribution in [0.2, 0.25) is 0 Å². The second-order valence-corrected chi connectivity index (χ2v) is 2.61. The Hall–Kier alpha value is 0.180. The predicted octanol–water partition coefficient (Wildman–Crippen LogP) is 2.10. The molecule has 0 aliphatic rings. The minimum absolute atomic E-state index is 0.269. The van der Waals surface area contributed by atoms with Gasteiger partial charge in [-0.3, -0.25) is 0 Å². The van der Waals surface area contributed by atoms with Crippen molar-refractivity contribution in [3.05, 3.63) is 12.2 Å². The molecule has 0 aromatic heterocycles. The molecule has 0 saturated heterocycles. The van der Waals surface area contributed by atoms with E-state index in [-0.39, 0.29) is 6.61 Å². The highest BCUT2D eigenvalue weighted by Crippen LogP contribution is 1.95. The molecular formula is C7H13BrO. The molecule has 54 valence electrons. The van der Waals surface area contributed by atoms with Crippen LogP contribution < -0.4 is 0 Å². The van der Waals surface area contributed by atoms with Crippen LogP contribution in [0.3, 0.4) is 0 Å². The zero-order valence-electron chi connectivity index (χ0n) is 5.52. The summed E-state index contributed by atoms with van der Waals surface area (Å²) >= 11 is 3.34. The Morgan fingerprint density at radius 2 is 1.89 bits per heavy atom. The van der Waals surface area contributed by atoms with Crippen molar-refractivity contribution in [1.82, 2.24) is 0 Å². The summed E-state index contributed by atoms with van der Waals surface area (Å²) in [5, 5.41) is 9.43. The molecular weight excluding hydrogens is 180 g/mol. The smallest absolute Gasteiger partial charge is 0.0465 e. The van der Waals surface area contributed by atoms with Crippen molar-refractivity contribution < 1.29 is 5.11 Å². The zero-order valence-corrected chi connectivity index (χ0v) is 7.10. The van der Waals surface area contributed by atoms with Crippen molar-refractivity contribution in [3.8, 4) is 0 Å². The fourth-order valence-electron chi connectivity index (χ4n) is 0.505. The van der Waals surface area contributed by atoms with Gasteiger partial charge in [-0.15, -0.1) is 0 Å². The summed E-state index contributed by atoms with van der Waals surface area (Å²) < 4.78 is 0. The monoisotopic (exact) mass is 192 g/mol. The van der Waals surface area contributed by atoms with Crippen LogP contribution in [0, 0.1) is 0 Å². The van der Waals surface area contributed by atoms with E-state index in [0.717, 1.165) is 18.2 Å². The second kappa shape index (κ2) is 8.18. The first-order valence-corrected chi connectivity index (χ1v) is 4.35. The third-order valence-electron chi connectivity index (χ3n) is 0.967. The lowest BCUT2D eigenvalue weighted by Gasteiger charge is -1.86. The first-order valence-electron chi connectivity index (χ1n) is 3.23. The number of hydrogen-bond donors (Lipinski definition) is 1. The molecule has 0 saturated carbocycles. The maximum Gasteiger partial charge on any atom is 0.0465 e. The molecule has 0 heterocycles. The molecule has 0 bridgehead atoms. The average Bonchev–Trinajstić information content (AvgIpc) is 1.89. The molecule has 9 heavy (non-hydrogen) atoms. The number of rotatable bonds is 5. The quantitative estimate of drug-likeness (QED) is 0.402. The van der Waals surface area contributed by atoms with Gasteiger partial charge in [-0.1, -0.05) is 28.1 Å². The van der Waals surface area contributed by atoms with Crippen LogP contribution in [-0.4, -0.2) is 17.0 Å². The average molecular weight is 193 g/mol. The number of alkyl halides is 1. The van der Waals surface area contributed by atoms with Crippen molar-refractivity contribution >= 4 is 15.9 Å². The normalized spacial score (nSPS) is 10.9. The van der Waals surface area contributed by atoms with Crippen molar-refractivity contribution in [2.24, 2.45) is 0 Å². The van der Waals surface area contributed by atoms with Crippen LogP contribution in [0.1, 0.15) is 19.3 Å². The topological polar surface area (TPSA) is 20.2 Å². The van der Waals surface area contributed by atoms with Gasteiger partial charge >= 0.3 is 0 Å². The Bertz CT molecular complexity index is 71.3. The van der Waals surface area contributed by atoms with Crippen molar-refractivity contribution in [3.63, 3.8) is 0 Å². The maximum atomic E-state index is 8.36. The van der Waals surface area contributed by atoms with Gasteiger partial charge in [-0.25, -0.2) is 0 Å². The summed E-state index contributed by atoms with van der Waals surface area (Å²) in [5.74, 6) is 0. The Morgan fingerprint density at radius 3 is 2.44 bits per heavy atom. The Labute approximate surface area is 64.9 Å². The Kier molecular flexibility index (Phi) is 8.34. The van der Waals surface area contributed by atoms with E-state index in [9.17, 15) is 0 Å². The number of allylic oxidation sites excluding steroid dienone is 1. The number of unbranched alkanes of at least 4 members (excludes halogenated alkanes) is 1. The molecule has 1 N–H and O–H groups in total. The maximum absolute atomic E-state index is 8.36. The lowest BCUT2D eigenvalue weighted by atomic mass is 10.3. The van der Waals surface area contributed by atoms with Crippen molar-refractivity contribution in [2.45, 2.75) is 19.3 Å². The van der Waals surface area contributed by atoms with Gasteiger partial charge in [-0.05, 0) is 19.3 Å². The molecule has 1 nitrogen and oxygen atoms in total. The molecule has 0 rings (SSSR count). The van der Waals surface area contributed by atoms with Gasteiger partial charge in [0.2, 0.25) is 0 Å². The van der Waals surface area contributed by atoms with Gasteiger partial charge in [0.25, 0.3) is 0 Å².